The first kappa shape index (κ1) is 26.5. The molecule has 0 atom stereocenters. The Hall–Kier alpha value is -5.70. The second-order valence-electron chi connectivity index (χ2n) is 10.5. The van der Waals surface area contributed by atoms with E-state index in [4.69, 9.17) is 0 Å². The van der Waals surface area contributed by atoms with Gasteiger partial charge < -0.3 is 0 Å². The van der Waals surface area contributed by atoms with E-state index in [0.29, 0.717) is 11.1 Å². The zero-order chi connectivity index (χ0) is 29.4. The van der Waals surface area contributed by atoms with Crippen molar-refractivity contribution in [1.82, 2.24) is 0 Å². The molecular weight excluding hydrogens is 508 g/mol. The van der Waals surface area contributed by atoms with Crippen LogP contribution in [0.25, 0.3) is 65.7 Å². The molecule has 42 heavy (non-hydrogen) atoms. The Bertz CT molecular complexity index is 2110. The van der Waals surface area contributed by atoms with Crippen LogP contribution < -0.4 is 0 Å². The Labute approximate surface area is 246 Å². The van der Waals surface area contributed by atoms with Gasteiger partial charge in [-0.1, -0.05) is 98.1 Å². The summed E-state index contributed by atoms with van der Waals surface area (Å²) in [5.74, 6) is 0. The van der Waals surface area contributed by atoms with Crippen molar-refractivity contribution in [2.45, 2.75) is 13.8 Å². The smallest absolute Gasteiger partial charge is 0.0991 e. The van der Waals surface area contributed by atoms with Crippen LogP contribution in [0.15, 0.2) is 134 Å². The molecule has 0 spiro atoms. The highest BCUT2D eigenvalue weighted by Gasteiger charge is 2.13. The van der Waals surface area contributed by atoms with Gasteiger partial charge in [-0.25, -0.2) is 0 Å². The number of hydrogen-bond donors (Lipinski definition) is 0. The molecule has 198 valence electrons. The normalized spacial score (nSPS) is 12.2. The van der Waals surface area contributed by atoms with E-state index in [1.165, 1.54) is 32.3 Å². The lowest BCUT2D eigenvalue weighted by Gasteiger charge is -2.15. The summed E-state index contributed by atoms with van der Waals surface area (Å²) in [6, 6.07) is 39.0. The number of hydrogen-bond acceptors (Lipinski definition) is 2. The largest absolute Gasteiger partial charge is 0.193 e. The Morgan fingerprint density at radius 3 is 1.40 bits per heavy atom. The standard InChI is InChI=1S/C40H28N2/c1-5-37(25(3)23-41)29-11-7-27(8-12-29)35-19-31-15-17-33-21-36(22-34-18-16-32(20-35)39(31)40(33)34)28-9-13-30(14-10-28)38(6-2)26(4)24-42/h5-22H,1,4H2,2-3H3/b37-25-,38-6+. The molecule has 0 bridgehead atoms. The van der Waals surface area contributed by atoms with Gasteiger partial charge in [-0.3, -0.25) is 0 Å². The Balaban J connectivity index is 1.40. The summed E-state index contributed by atoms with van der Waals surface area (Å²) in [4.78, 5) is 0. The van der Waals surface area contributed by atoms with Crippen molar-refractivity contribution in [1.29, 1.82) is 10.5 Å². The van der Waals surface area contributed by atoms with Gasteiger partial charge >= 0.3 is 0 Å². The van der Waals surface area contributed by atoms with Crippen molar-refractivity contribution in [3.63, 3.8) is 0 Å². The fourth-order valence-electron chi connectivity index (χ4n) is 5.98. The lowest BCUT2D eigenvalue weighted by molar-refractivity contribution is 1.44. The number of nitriles is 2. The van der Waals surface area contributed by atoms with E-state index in [9.17, 15) is 10.5 Å². The zero-order valence-electron chi connectivity index (χ0n) is 23.7. The van der Waals surface area contributed by atoms with E-state index >= 15 is 0 Å². The van der Waals surface area contributed by atoms with Gasteiger partial charge in [-0.2, -0.15) is 10.5 Å². The zero-order valence-corrected chi connectivity index (χ0v) is 23.7. The second kappa shape index (κ2) is 10.7. The predicted octanol–water partition coefficient (Wildman–Crippen LogP) is 10.9. The summed E-state index contributed by atoms with van der Waals surface area (Å²) in [6.07, 6.45) is 3.68. The average Bonchev–Trinajstić information content (AvgIpc) is 3.04. The predicted molar refractivity (Wildman–Crippen MR) is 178 cm³/mol. The van der Waals surface area contributed by atoms with Gasteiger partial charge in [-0.15, -0.1) is 0 Å². The molecule has 0 fully saturated rings. The van der Waals surface area contributed by atoms with E-state index in [1.807, 2.05) is 19.9 Å². The third-order valence-corrected chi connectivity index (χ3v) is 8.12. The summed E-state index contributed by atoms with van der Waals surface area (Å²) < 4.78 is 0. The van der Waals surface area contributed by atoms with Gasteiger partial charge in [0.1, 0.15) is 0 Å². The average molecular weight is 537 g/mol. The monoisotopic (exact) mass is 536 g/mol. The summed E-state index contributed by atoms with van der Waals surface area (Å²) in [5, 5.41) is 26.0. The first-order valence-corrected chi connectivity index (χ1v) is 13.9. The van der Waals surface area contributed by atoms with E-state index < -0.39 is 0 Å². The number of nitrogens with zero attached hydrogens (tertiary/aromatic N) is 2. The highest BCUT2D eigenvalue weighted by molar-refractivity contribution is 6.24. The van der Waals surface area contributed by atoms with Gasteiger partial charge in [0.05, 0.1) is 17.7 Å². The maximum absolute atomic E-state index is 9.33. The summed E-state index contributed by atoms with van der Waals surface area (Å²) in [5.41, 5.74) is 9.42. The van der Waals surface area contributed by atoms with Crippen molar-refractivity contribution >= 4 is 43.5 Å². The quantitative estimate of drug-likeness (QED) is 0.121. The molecule has 6 rings (SSSR count). The molecular formula is C40H28N2. The molecule has 0 amide bonds. The molecule has 6 aromatic carbocycles. The van der Waals surface area contributed by atoms with E-state index in [-0.39, 0.29) is 0 Å². The summed E-state index contributed by atoms with van der Waals surface area (Å²) >= 11 is 0. The fraction of sp³-hybridized carbons (Fsp3) is 0.0500. The first-order valence-electron chi connectivity index (χ1n) is 13.9. The molecule has 0 aliphatic heterocycles. The van der Waals surface area contributed by atoms with Crippen LogP contribution in [0.4, 0.5) is 0 Å². The minimum absolute atomic E-state index is 0.470. The van der Waals surface area contributed by atoms with Crippen LogP contribution in [-0.2, 0) is 0 Å². The highest BCUT2D eigenvalue weighted by Crippen LogP contribution is 2.40. The molecule has 0 saturated carbocycles. The van der Waals surface area contributed by atoms with Crippen LogP contribution in [0.1, 0.15) is 25.0 Å². The Morgan fingerprint density at radius 1 is 0.619 bits per heavy atom. The Morgan fingerprint density at radius 2 is 1.05 bits per heavy atom. The van der Waals surface area contributed by atoms with Crippen LogP contribution in [0, 0.1) is 22.7 Å². The summed E-state index contributed by atoms with van der Waals surface area (Å²) in [6.45, 7) is 11.5. The molecule has 0 N–H and O–H groups in total. The third-order valence-electron chi connectivity index (χ3n) is 8.12. The van der Waals surface area contributed by atoms with Gasteiger partial charge in [-0.05, 0) is 115 Å². The van der Waals surface area contributed by atoms with Crippen molar-refractivity contribution < 1.29 is 0 Å². The van der Waals surface area contributed by atoms with Crippen LogP contribution in [0.3, 0.4) is 0 Å². The van der Waals surface area contributed by atoms with Gasteiger partial charge in [0.15, 0.2) is 0 Å². The number of allylic oxidation sites excluding steroid dienone is 6. The Kier molecular flexibility index (Phi) is 6.76. The van der Waals surface area contributed by atoms with Gasteiger partial charge in [0, 0.05) is 5.57 Å². The van der Waals surface area contributed by atoms with Crippen molar-refractivity contribution in [3.05, 3.63) is 145 Å². The van der Waals surface area contributed by atoms with E-state index in [1.54, 1.807) is 6.08 Å². The second-order valence-corrected chi connectivity index (χ2v) is 10.5. The molecule has 0 radical (unpaired) electrons. The molecule has 0 saturated heterocycles. The summed E-state index contributed by atoms with van der Waals surface area (Å²) in [7, 11) is 0. The molecule has 0 heterocycles. The van der Waals surface area contributed by atoms with Crippen LogP contribution in [0.5, 0.6) is 0 Å². The van der Waals surface area contributed by atoms with Gasteiger partial charge in [0.2, 0.25) is 0 Å². The minimum Gasteiger partial charge on any atom is -0.193 e. The molecule has 2 heteroatoms. The van der Waals surface area contributed by atoms with Crippen LogP contribution in [-0.4, -0.2) is 0 Å². The molecule has 2 nitrogen and oxygen atoms in total. The molecule has 0 aromatic heterocycles. The van der Waals surface area contributed by atoms with Gasteiger partial charge in [0.25, 0.3) is 0 Å². The molecule has 0 aliphatic rings. The maximum Gasteiger partial charge on any atom is 0.0991 e. The molecule has 6 aromatic rings. The highest BCUT2D eigenvalue weighted by atomic mass is 14.3. The van der Waals surface area contributed by atoms with E-state index in [2.05, 4.69) is 122 Å². The van der Waals surface area contributed by atoms with Crippen molar-refractivity contribution in [3.8, 4) is 34.4 Å². The van der Waals surface area contributed by atoms with Crippen molar-refractivity contribution in [2.75, 3.05) is 0 Å². The first-order chi connectivity index (χ1) is 20.4. The van der Waals surface area contributed by atoms with Crippen LogP contribution >= 0.6 is 0 Å². The SMILES string of the molecule is C=C/C(=C(\C)C#N)c1ccc(-c2cc3ccc4cc(-c5ccc(/C(=C/C)C(=C)C#N)cc5)cc5ccc(c2)c3c45)cc1. The minimum atomic E-state index is 0.470. The molecule has 0 aliphatic carbocycles. The van der Waals surface area contributed by atoms with Crippen molar-refractivity contribution in [2.24, 2.45) is 0 Å². The fourth-order valence-corrected chi connectivity index (χ4v) is 5.98. The number of benzene rings is 6. The van der Waals surface area contributed by atoms with E-state index in [0.717, 1.165) is 44.5 Å². The third kappa shape index (κ3) is 4.46. The lowest BCUT2D eigenvalue weighted by atomic mass is 9.89. The maximum atomic E-state index is 9.33. The topological polar surface area (TPSA) is 47.6 Å². The van der Waals surface area contributed by atoms with Crippen LogP contribution in [0.2, 0.25) is 0 Å². The number of rotatable bonds is 6. The lowest BCUT2D eigenvalue weighted by Crippen LogP contribution is -1.89. The molecule has 0 unspecified atom stereocenters.